The van der Waals surface area contributed by atoms with E-state index < -0.39 is 0 Å². The molecule has 0 aromatic carbocycles. The lowest BCUT2D eigenvalue weighted by Gasteiger charge is -2.10. The number of rotatable bonds is 5. The molecule has 3 nitrogen and oxygen atoms in total. The molecule has 1 rings (SSSR count). The van der Waals surface area contributed by atoms with Crippen LogP contribution in [-0.4, -0.2) is 32.2 Å². The number of hydrogen-bond donors (Lipinski definition) is 0. The molecule has 0 aromatic heterocycles. The van der Waals surface area contributed by atoms with Gasteiger partial charge in [-0.05, 0) is 19.8 Å². The molecule has 1 aliphatic rings. The molecule has 1 heterocycles. The zero-order valence-electron chi connectivity index (χ0n) is 8.41. The van der Waals surface area contributed by atoms with Crippen molar-refractivity contribution in [1.29, 1.82) is 0 Å². The lowest BCUT2D eigenvalue weighted by Crippen LogP contribution is -2.16. The summed E-state index contributed by atoms with van der Waals surface area (Å²) >= 11 is 0. The molecule has 3 heteroatoms. The van der Waals surface area contributed by atoms with Crippen LogP contribution in [0.15, 0.2) is 0 Å². The predicted molar refractivity (Wildman–Crippen MR) is 49.6 cm³/mol. The number of Topliss-reactive ketones (excluding diaryl/α,β-unsaturated/α-hetero) is 1. The van der Waals surface area contributed by atoms with Crippen molar-refractivity contribution in [3.05, 3.63) is 0 Å². The van der Waals surface area contributed by atoms with Crippen LogP contribution in [0.3, 0.4) is 0 Å². The van der Waals surface area contributed by atoms with Crippen LogP contribution in [0.2, 0.25) is 0 Å². The fraction of sp³-hybridized carbons (Fsp3) is 0.900. The Labute approximate surface area is 79.4 Å². The Balaban J connectivity index is 2.16. The Kier molecular flexibility index (Phi) is 4.39. The number of carbonyl (C=O) groups excluding carboxylic acids is 1. The van der Waals surface area contributed by atoms with Crippen LogP contribution in [-0.2, 0) is 14.3 Å². The molecule has 2 atom stereocenters. The van der Waals surface area contributed by atoms with Crippen molar-refractivity contribution < 1.29 is 14.3 Å². The third kappa shape index (κ3) is 3.44. The highest BCUT2D eigenvalue weighted by molar-refractivity contribution is 5.81. The van der Waals surface area contributed by atoms with E-state index in [9.17, 15) is 4.79 Å². The smallest absolute Gasteiger partial charge is 0.138 e. The van der Waals surface area contributed by atoms with Crippen molar-refractivity contribution in [2.24, 2.45) is 5.92 Å². The molecule has 0 aliphatic carbocycles. The van der Waals surface area contributed by atoms with Gasteiger partial charge in [0.1, 0.15) is 5.78 Å². The number of ether oxygens (including phenoxy) is 2. The highest BCUT2D eigenvalue weighted by atomic mass is 16.5. The average Bonchev–Trinajstić information content (AvgIpc) is 2.66. The molecule has 0 saturated carbocycles. The summed E-state index contributed by atoms with van der Waals surface area (Å²) in [6.07, 6.45) is 2.54. The van der Waals surface area contributed by atoms with E-state index in [1.165, 1.54) is 0 Å². The lowest BCUT2D eigenvalue weighted by atomic mass is 9.99. The van der Waals surface area contributed by atoms with Crippen molar-refractivity contribution in [3.8, 4) is 0 Å². The van der Waals surface area contributed by atoms with Crippen LogP contribution in [0, 0.1) is 5.92 Å². The first-order valence-electron chi connectivity index (χ1n) is 4.87. The van der Waals surface area contributed by atoms with Crippen LogP contribution in [0.1, 0.15) is 26.2 Å². The van der Waals surface area contributed by atoms with Crippen LogP contribution in [0.4, 0.5) is 0 Å². The van der Waals surface area contributed by atoms with E-state index in [1.807, 2.05) is 6.92 Å². The fourth-order valence-corrected chi connectivity index (χ4v) is 1.46. The van der Waals surface area contributed by atoms with Gasteiger partial charge in [0.05, 0.1) is 12.7 Å². The Morgan fingerprint density at radius 2 is 2.46 bits per heavy atom. The van der Waals surface area contributed by atoms with Gasteiger partial charge >= 0.3 is 0 Å². The van der Waals surface area contributed by atoms with E-state index in [4.69, 9.17) is 9.47 Å². The topological polar surface area (TPSA) is 35.5 Å². The van der Waals surface area contributed by atoms with E-state index in [-0.39, 0.29) is 12.0 Å². The van der Waals surface area contributed by atoms with E-state index in [2.05, 4.69) is 0 Å². The summed E-state index contributed by atoms with van der Waals surface area (Å²) in [5, 5.41) is 0. The molecule has 0 bridgehead atoms. The quantitative estimate of drug-likeness (QED) is 0.651. The van der Waals surface area contributed by atoms with Crippen molar-refractivity contribution in [3.63, 3.8) is 0 Å². The maximum atomic E-state index is 11.5. The summed E-state index contributed by atoms with van der Waals surface area (Å²) in [4.78, 5) is 11.5. The van der Waals surface area contributed by atoms with Gasteiger partial charge in [-0.3, -0.25) is 4.79 Å². The second-order valence-corrected chi connectivity index (χ2v) is 3.61. The van der Waals surface area contributed by atoms with Crippen LogP contribution < -0.4 is 0 Å². The maximum Gasteiger partial charge on any atom is 0.138 e. The molecule has 76 valence electrons. The normalized spacial score (nSPS) is 24.6. The summed E-state index contributed by atoms with van der Waals surface area (Å²) < 4.78 is 10.2. The molecule has 0 aromatic rings. The summed E-state index contributed by atoms with van der Waals surface area (Å²) in [5.41, 5.74) is 0. The minimum atomic E-state index is 0.157. The molecule has 13 heavy (non-hydrogen) atoms. The maximum absolute atomic E-state index is 11.5. The average molecular weight is 186 g/mol. The molecule has 0 radical (unpaired) electrons. The third-order valence-electron chi connectivity index (χ3n) is 2.58. The van der Waals surface area contributed by atoms with Crippen molar-refractivity contribution in [1.82, 2.24) is 0 Å². The molecular weight excluding hydrogens is 168 g/mol. The summed E-state index contributed by atoms with van der Waals surface area (Å²) in [6.45, 7) is 3.36. The molecule has 1 aliphatic heterocycles. The van der Waals surface area contributed by atoms with Gasteiger partial charge in [-0.2, -0.15) is 0 Å². The minimum absolute atomic E-state index is 0.157. The van der Waals surface area contributed by atoms with Gasteiger partial charge in [0.25, 0.3) is 0 Å². The van der Waals surface area contributed by atoms with Gasteiger partial charge in [0.2, 0.25) is 0 Å². The van der Waals surface area contributed by atoms with Gasteiger partial charge in [-0.15, -0.1) is 0 Å². The first-order chi connectivity index (χ1) is 6.24. The molecule has 1 saturated heterocycles. The Morgan fingerprint density at radius 1 is 1.69 bits per heavy atom. The Bertz CT molecular complexity index is 162. The SMILES string of the molecule is COC(C)CCC(=O)C1CCOC1. The van der Waals surface area contributed by atoms with Gasteiger partial charge < -0.3 is 9.47 Å². The number of methoxy groups -OCH3 is 1. The van der Waals surface area contributed by atoms with Gasteiger partial charge in [-0.1, -0.05) is 0 Å². The second-order valence-electron chi connectivity index (χ2n) is 3.61. The molecule has 0 spiro atoms. The predicted octanol–water partition coefficient (Wildman–Crippen LogP) is 1.41. The molecular formula is C10H18O3. The van der Waals surface area contributed by atoms with Crippen LogP contribution >= 0.6 is 0 Å². The van der Waals surface area contributed by atoms with Gasteiger partial charge in [0, 0.05) is 26.1 Å². The molecule has 1 fully saturated rings. The van der Waals surface area contributed by atoms with Crippen molar-refractivity contribution >= 4 is 5.78 Å². The van der Waals surface area contributed by atoms with E-state index in [0.29, 0.717) is 18.8 Å². The number of carbonyl (C=O) groups is 1. The standard InChI is InChI=1S/C10H18O3/c1-8(12-2)3-4-10(11)9-5-6-13-7-9/h8-9H,3-7H2,1-2H3. The largest absolute Gasteiger partial charge is 0.382 e. The third-order valence-corrected chi connectivity index (χ3v) is 2.58. The second kappa shape index (κ2) is 5.35. The lowest BCUT2D eigenvalue weighted by molar-refractivity contribution is -0.123. The van der Waals surface area contributed by atoms with E-state index in [1.54, 1.807) is 7.11 Å². The first kappa shape index (κ1) is 10.7. The number of hydrogen-bond acceptors (Lipinski definition) is 3. The van der Waals surface area contributed by atoms with Crippen LogP contribution in [0.5, 0.6) is 0 Å². The minimum Gasteiger partial charge on any atom is -0.382 e. The number of ketones is 1. The molecule has 2 unspecified atom stereocenters. The van der Waals surface area contributed by atoms with Crippen LogP contribution in [0.25, 0.3) is 0 Å². The van der Waals surface area contributed by atoms with E-state index in [0.717, 1.165) is 19.4 Å². The molecule has 0 amide bonds. The summed E-state index contributed by atoms with van der Waals surface area (Å²) in [7, 11) is 1.67. The monoisotopic (exact) mass is 186 g/mol. The van der Waals surface area contributed by atoms with Crippen molar-refractivity contribution in [2.75, 3.05) is 20.3 Å². The Hall–Kier alpha value is -0.410. The van der Waals surface area contributed by atoms with Gasteiger partial charge in [0.15, 0.2) is 0 Å². The highest BCUT2D eigenvalue weighted by Crippen LogP contribution is 2.16. The fourth-order valence-electron chi connectivity index (χ4n) is 1.46. The summed E-state index contributed by atoms with van der Waals surface area (Å²) in [6, 6.07) is 0. The highest BCUT2D eigenvalue weighted by Gasteiger charge is 2.23. The van der Waals surface area contributed by atoms with Gasteiger partial charge in [-0.25, -0.2) is 0 Å². The summed E-state index contributed by atoms with van der Waals surface area (Å²) in [5.74, 6) is 0.491. The van der Waals surface area contributed by atoms with Crippen molar-refractivity contribution in [2.45, 2.75) is 32.3 Å². The zero-order valence-corrected chi connectivity index (χ0v) is 8.41. The zero-order chi connectivity index (χ0) is 9.68. The molecule has 0 N–H and O–H groups in total. The first-order valence-corrected chi connectivity index (χ1v) is 4.87. The van der Waals surface area contributed by atoms with E-state index >= 15 is 0 Å². The Morgan fingerprint density at radius 3 is 3.00 bits per heavy atom.